The fraction of sp³-hybridized carbons (Fsp3) is 0.125. The van der Waals surface area contributed by atoms with Gasteiger partial charge in [-0.1, -0.05) is 17.7 Å². The molecule has 1 aromatic heterocycles. The van der Waals surface area contributed by atoms with Crippen molar-refractivity contribution < 1.29 is 23.8 Å². The fourth-order valence-corrected chi connectivity index (χ4v) is 4.22. The lowest BCUT2D eigenvalue weighted by atomic mass is 9.97. The van der Waals surface area contributed by atoms with Crippen molar-refractivity contribution in [1.29, 1.82) is 0 Å². The number of carbonyl (C=O) groups is 2. The summed E-state index contributed by atoms with van der Waals surface area (Å²) in [6, 6.07) is 12.9. The number of carbonyl (C=O) groups excluding carboxylic acids is 2. The fourth-order valence-electron chi connectivity index (χ4n) is 4.04. The quantitative estimate of drug-likeness (QED) is 0.362. The number of ketones is 1. The first-order chi connectivity index (χ1) is 15.5. The van der Waals surface area contributed by atoms with Crippen LogP contribution in [0, 0.1) is 5.82 Å². The Morgan fingerprint density at radius 1 is 1.16 bits per heavy atom. The first-order valence-corrected chi connectivity index (χ1v) is 10.3. The number of aliphatic hydroxyl groups is 1. The Morgan fingerprint density at radius 2 is 2.00 bits per heavy atom. The first-order valence-electron chi connectivity index (χ1n) is 9.89. The number of ether oxygens (including phenoxy) is 1. The van der Waals surface area contributed by atoms with Crippen molar-refractivity contribution in [3.05, 3.63) is 94.0 Å². The minimum absolute atomic E-state index is 0.104. The zero-order valence-corrected chi connectivity index (χ0v) is 17.3. The molecule has 1 unspecified atom stereocenters. The van der Waals surface area contributed by atoms with E-state index in [4.69, 9.17) is 16.3 Å². The minimum Gasteiger partial charge on any atom is -0.507 e. The van der Waals surface area contributed by atoms with Gasteiger partial charge in [-0.25, -0.2) is 4.39 Å². The van der Waals surface area contributed by atoms with Crippen molar-refractivity contribution in [2.24, 2.45) is 0 Å². The summed E-state index contributed by atoms with van der Waals surface area (Å²) in [6.45, 7) is 0.545. The Bertz CT molecular complexity index is 1290. The topological polar surface area (TPSA) is 79.7 Å². The van der Waals surface area contributed by atoms with Gasteiger partial charge >= 0.3 is 0 Å². The second-order valence-electron chi connectivity index (χ2n) is 7.44. The Kier molecular flexibility index (Phi) is 4.90. The molecule has 0 spiro atoms. The van der Waals surface area contributed by atoms with E-state index < -0.39 is 23.5 Å². The number of pyridine rings is 1. The highest BCUT2D eigenvalue weighted by Gasteiger charge is 2.47. The lowest BCUT2D eigenvalue weighted by molar-refractivity contribution is -0.132. The summed E-state index contributed by atoms with van der Waals surface area (Å²) in [5.74, 6) is -1.97. The number of amides is 1. The molecule has 8 heteroatoms. The van der Waals surface area contributed by atoms with Crippen LogP contribution >= 0.6 is 11.6 Å². The standard InChI is InChI=1S/C24H16ClFN2O4/c25-16-12-15(5-6-17(16)26)28-21(18-3-1-2-9-27-18)20(23(30)24(28)31)22(29)14-4-7-19-13(11-14)8-10-32-19/h1-7,9,11-12,21,29H,8,10H2/b22-20-. The lowest BCUT2D eigenvalue weighted by Gasteiger charge is -2.24. The molecule has 5 rings (SSSR count). The number of aliphatic hydroxyl groups excluding tert-OH is 1. The van der Waals surface area contributed by atoms with E-state index in [9.17, 15) is 19.1 Å². The summed E-state index contributed by atoms with van der Waals surface area (Å²) < 4.78 is 19.2. The van der Waals surface area contributed by atoms with E-state index in [1.54, 1.807) is 36.4 Å². The van der Waals surface area contributed by atoms with Crippen LogP contribution in [0.5, 0.6) is 5.75 Å². The smallest absolute Gasteiger partial charge is 0.300 e. The molecule has 0 radical (unpaired) electrons. The third-order valence-corrected chi connectivity index (χ3v) is 5.85. The second-order valence-corrected chi connectivity index (χ2v) is 7.85. The zero-order valence-electron chi connectivity index (χ0n) is 16.6. The lowest BCUT2D eigenvalue weighted by Crippen LogP contribution is -2.29. The summed E-state index contributed by atoms with van der Waals surface area (Å²) >= 11 is 5.93. The number of hydrogen-bond donors (Lipinski definition) is 1. The predicted octanol–water partition coefficient (Wildman–Crippen LogP) is 4.44. The van der Waals surface area contributed by atoms with Crippen molar-refractivity contribution in [3.8, 4) is 5.75 Å². The predicted molar refractivity (Wildman–Crippen MR) is 116 cm³/mol. The molecule has 1 saturated heterocycles. The van der Waals surface area contributed by atoms with E-state index in [0.29, 0.717) is 24.3 Å². The highest BCUT2D eigenvalue weighted by atomic mass is 35.5. The number of aromatic nitrogens is 1. The van der Waals surface area contributed by atoms with E-state index in [0.717, 1.165) is 17.4 Å². The third-order valence-electron chi connectivity index (χ3n) is 5.56. The summed E-state index contributed by atoms with van der Waals surface area (Å²) in [6.07, 6.45) is 2.21. The largest absolute Gasteiger partial charge is 0.507 e. The van der Waals surface area contributed by atoms with Gasteiger partial charge in [0.15, 0.2) is 0 Å². The maximum atomic E-state index is 13.7. The van der Waals surface area contributed by atoms with E-state index in [1.807, 2.05) is 0 Å². The van der Waals surface area contributed by atoms with E-state index in [-0.39, 0.29) is 22.0 Å². The summed E-state index contributed by atoms with van der Waals surface area (Å²) in [5, 5.41) is 11.0. The molecule has 1 fully saturated rings. The molecule has 2 aromatic carbocycles. The number of nitrogens with zero attached hydrogens (tertiary/aromatic N) is 2. The van der Waals surface area contributed by atoms with Crippen molar-refractivity contribution in [2.75, 3.05) is 11.5 Å². The molecular formula is C24H16ClFN2O4. The molecular weight excluding hydrogens is 435 g/mol. The average Bonchev–Trinajstić information content (AvgIpc) is 3.38. The Hall–Kier alpha value is -3.71. The monoisotopic (exact) mass is 450 g/mol. The van der Waals surface area contributed by atoms with Crippen LogP contribution in [0.15, 0.2) is 66.4 Å². The summed E-state index contributed by atoms with van der Waals surface area (Å²) in [7, 11) is 0. The third kappa shape index (κ3) is 3.22. The van der Waals surface area contributed by atoms with Gasteiger partial charge in [0.2, 0.25) is 0 Å². The number of fused-ring (bicyclic) bond motifs is 1. The van der Waals surface area contributed by atoms with Crippen molar-refractivity contribution >= 4 is 34.7 Å². The molecule has 3 aromatic rings. The van der Waals surface area contributed by atoms with Gasteiger partial charge in [-0.3, -0.25) is 19.5 Å². The van der Waals surface area contributed by atoms with Crippen LogP contribution in [0.4, 0.5) is 10.1 Å². The molecule has 0 bridgehead atoms. The highest BCUT2D eigenvalue weighted by molar-refractivity contribution is 6.51. The van der Waals surface area contributed by atoms with Gasteiger partial charge in [0.1, 0.15) is 23.4 Å². The molecule has 3 heterocycles. The van der Waals surface area contributed by atoms with Gasteiger partial charge in [0.05, 0.1) is 22.9 Å². The van der Waals surface area contributed by atoms with Gasteiger partial charge in [-0.05, 0) is 54.1 Å². The van der Waals surface area contributed by atoms with Crippen molar-refractivity contribution in [2.45, 2.75) is 12.5 Å². The molecule has 0 saturated carbocycles. The molecule has 6 nitrogen and oxygen atoms in total. The Morgan fingerprint density at radius 3 is 2.75 bits per heavy atom. The van der Waals surface area contributed by atoms with Gasteiger partial charge in [0.25, 0.3) is 11.7 Å². The molecule has 1 atom stereocenters. The molecule has 0 aliphatic carbocycles. The maximum Gasteiger partial charge on any atom is 0.300 e. The summed E-state index contributed by atoms with van der Waals surface area (Å²) in [5.41, 5.74) is 1.79. The van der Waals surface area contributed by atoms with Crippen LogP contribution in [0.1, 0.15) is 22.9 Å². The van der Waals surface area contributed by atoms with Gasteiger partial charge < -0.3 is 9.84 Å². The molecule has 2 aliphatic rings. The van der Waals surface area contributed by atoms with Crippen molar-refractivity contribution in [1.82, 2.24) is 4.98 Å². The second kappa shape index (κ2) is 7.76. The zero-order chi connectivity index (χ0) is 22.4. The van der Waals surface area contributed by atoms with Gasteiger partial charge in [-0.15, -0.1) is 0 Å². The van der Waals surface area contributed by atoms with Crippen LogP contribution < -0.4 is 9.64 Å². The normalized spacial score (nSPS) is 19.2. The number of benzene rings is 2. The molecule has 160 valence electrons. The number of halogens is 2. The molecule has 2 aliphatic heterocycles. The number of hydrogen-bond acceptors (Lipinski definition) is 5. The Labute approximate surface area is 187 Å². The minimum atomic E-state index is -1.01. The highest BCUT2D eigenvalue weighted by Crippen LogP contribution is 2.42. The Balaban J connectivity index is 1.70. The maximum absolute atomic E-state index is 13.7. The molecule has 32 heavy (non-hydrogen) atoms. The van der Waals surface area contributed by atoms with E-state index in [2.05, 4.69) is 4.98 Å². The average molecular weight is 451 g/mol. The van der Waals surface area contributed by atoms with Crippen LogP contribution in [0.3, 0.4) is 0 Å². The van der Waals surface area contributed by atoms with Crippen LogP contribution in [-0.2, 0) is 16.0 Å². The first kappa shape index (κ1) is 20.2. The van der Waals surface area contributed by atoms with Crippen molar-refractivity contribution in [3.63, 3.8) is 0 Å². The number of Topliss-reactive ketones (excluding diaryl/α,β-unsaturated/α-hetero) is 1. The van der Waals surface area contributed by atoms with E-state index in [1.165, 1.54) is 23.2 Å². The van der Waals surface area contributed by atoms with Crippen LogP contribution in [0.25, 0.3) is 5.76 Å². The number of anilines is 1. The SMILES string of the molecule is O=C1C(=O)N(c2ccc(F)c(Cl)c2)C(c2ccccn2)/C1=C(/O)c1ccc2c(c1)CCO2. The van der Waals surface area contributed by atoms with Crippen LogP contribution in [-0.4, -0.2) is 28.4 Å². The summed E-state index contributed by atoms with van der Waals surface area (Å²) in [4.78, 5) is 31.7. The number of rotatable bonds is 3. The van der Waals surface area contributed by atoms with Crippen LogP contribution in [0.2, 0.25) is 5.02 Å². The van der Waals surface area contributed by atoms with Gasteiger partial charge in [0, 0.05) is 23.9 Å². The molecule has 1 N–H and O–H groups in total. The van der Waals surface area contributed by atoms with Gasteiger partial charge in [-0.2, -0.15) is 0 Å². The molecule has 1 amide bonds. The van der Waals surface area contributed by atoms with E-state index >= 15 is 0 Å².